The van der Waals surface area contributed by atoms with Crippen LogP contribution in [0.2, 0.25) is 0 Å². The van der Waals surface area contributed by atoms with Crippen LogP contribution < -0.4 is 10.6 Å². The van der Waals surface area contributed by atoms with Crippen LogP contribution in [0.4, 0.5) is 9.93 Å². The maximum absolute atomic E-state index is 11.8. The third-order valence-corrected chi connectivity index (χ3v) is 3.82. The van der Waals surface area contributed by atoms with Crippen molar-refractivity contribution in [3.63, 3.8) is 0 Å². The van der Waals surface area contributed by atoms with Crippen molar-refractivity contribution in [2.75, 3.05) is 5.32 Å². The predicted molar refractivity (Wildman–Crippen MR) is 77.5 cm³/mol. The number of carbonyl (C=O) groups is 2. The van der Waals surface area contributed by atoms with Gasteiger partial charge in [-0.1, -0.05) is 0 Å². The quantitative estimate of drug-likeness (QED) is 0.663. The number of aryl methyl sites for hydroxylation is 2. The van der Waals surface area contributed by atoms with E-state index in [1.54, 1.807) is 0 Å². The summed E-state index contributed by atoms with van der Waals surface area (Å²) in [5, 5.41) is 14.5. The Bertz CT molecular complexity index is 618. The number of amides is 2. The van der Waals surface area contributed by atoms with Crippen LogP contribution in [0.3, 0.4) is 0 Å². The van der Waals surface area contributed by atoms with E-state index in [4.69, 9.17) is 5.11 Å². The molecule has 4 N–H and O–H groups in total. The first-order valence-electron chi connectivity index (χ1n) is 6.17. The van der Waals surface area contributed by atoms with Crippen LogP contribution in [-0.4, -0.2) is 38.1 Å². The number of nitrogens with one attached hydrogen (secondary N) is 3. The van der Waals surface area contributed by atoms with Gasteiger partial charge in [-0.05, 0) is 13.8 Å². The van der Waals surface area contributed by atoms with E-state index in [9.17, 15) is 9.59 Å². The minimum Gasteiger partial charge on any atom is -0.480 e. The van der Waals surface area contributed by atoms with Crippen LogP contribution >= 0.6 is 11.3 Å². The molecule has 0 aliphatic heterocycles. The van der Waals surface area contributed by atoms with Gasteiger partial charge in [0.25, 0.3) is 0 Å². The van der Waals surface area contributed by atoms with E-state index in [0.29, 0.717) is 10.8 Å². The topological polar surface area (TPSA) is 120 Å². The molecule has 0 saturated heterocycles. The van der Waals surface area contributed by atoms with Gasteiger partial charge in [-0.25, -0.2) is 19.6 Å². The molecule has 21 heavy (non-hydrogen) atoms. The summed E-state index contributed by atoms with van der Waals surface area (Å²) in [5.41, 5.74) is 1.46. The number of H-pyrrole nitrogens is 1. The predicted octanol–water partition coefficient (Wildman–Crippen LogP) is 1.30. The Morgan fingerprint density at radius 3 is 2.76 bits per heavy atom. The Morgan fingerprint density at radius 2 is 2.24 bits per heavy atom. The first kappa shape index (κ1) is 15.0. The number of aliphatic carboxylic acids is 1. The first-order chi connectivity index (χ1) is 9.95. The number of carbonyl (C=O) groups excluding carboxylic acids is 1. The molecule has 0 fully saturated rings. The number of anilines is 1. The van der Waals surface area contributed by atoms with Crippen molar-refractivity contribution in [3.05, 3.63) is 28.8 Å². The van der Waals surface area contributed by atoms with Crippen molar-refractivity contribution < 1.29 is 14.7 Å². The van der Waals surface area contributed by atoms with Crippen LogP contribution in [0.15, 0.2) is 12.5 Å². The molecule has 0 radical (unpaired) electrons. The van der Waals surface area contributed by atoms with E-state index >= 15 is 0 Å². The van der Waals surface area contributed by atoms with Gasteiger partial charge < -0.3 is 15.4 Å². The average Bonchev–Trinajstić information content (AvgIpc) is 2.99. The van der Waals surface area contributed by atoms with Gasteiger partial charge in [0, 0.05) is 23.2 Å². The molecule has 2 heterocycles. The highest BCUT2D eigenvalue weighted by atomic mass is 32.1. The molecule has 9 heteroatoms. The number of hydrogen-bond acceptors (Lipinski definition) is 5. The minimum atomic E-state index is -1.12. The highest BCUT2D eigenvalue weighted by molar-refractivity contribution is 7.15. The van der Waals surface area contributed by atoms with Crippen molar-refractivity contribution in [3.8, 4) is 0 Å². The molecule has 0 unspecified atom stereocenters. The zero-order chi connectivity index (χ0) is 15.4. The molecule has 2 amide bonds. The van der Waals surface area contributed by atoms with Gasteiger partial charge in [0.05, 0.1) is 12.0 Å². The molecule has 0 saturated carbocycles. The van der Waals surface area contributed by atoms with E-state index in [1.807, 2.05) is 13.8 Å². The van der Waals surface area contributed by atoms with Gasteiger partial charge in [-0.3, -0.25) is 5.32 Å². The SMILES string of the molecule is Cc1nc(NC(=O)N[C@@H](Cc2cnc[nH]2)C(=O)O)sc1C. The molecular weight excluding hydrogens is 294 g/mol. The number of imidazole rings is 1. The van der Waals surface area contributed by atoms with Crippen LogP contribution in [0.5, 0.6) is 0 Å². The van der Waals surface area contributed by atoms with Crippen LogP contribution in [0.25, 0.3) is 0 Å². The summed E-state index contributed by atoms with van der Waals surface area (Å²) < 4.78 is 0. The number of thiazole rings is 1. The lowest BCUT2D eigenvalue weighted by atomic mass is 10.2. The maximum Gasteiger partial charge on any atom is 0.326 e. The summed E-state index contributed by atoms with van der Waals surface area (Å²) in [4.78, 5) is 34.8. The van der Waals surface area contributed by atoms with Gasteiger partial charge in [0.1, 0.15) is 6.04 Å². The van der Waals surface area contributed by atoms with Crippen molar-refractivity contribution in [2.24, 2.45) is 0 Å². The third kappa shape index (κ3) is 4.02. The van der Waals surface area contributed by atoms with Crippen molar-refractivity contribution >= 4 is 28.5 Å². The number of carboxylic acid groups (broad SMARTS) is 1. The fraction of sp³-hybridized carbons (Fsp3) is 0.333. The molecule has 2 rings (SSSR count). The highest BCUT2D eigenvalue weighted by Crippen LogP contribution is 2.20. The molecule has 112 valence electrons. The normalized spacial score (nSPS) is 11.9. The number of aromatic nitrogens is 3. The van der Waals surface area contributed by atoms with E-state index in [-0.39, 0.29) is 6.42 Å². The second-order valence-electron chi connectivity index (χ2n) is 4.43. The molecule has 0 bridgehead atoms. The summed E-state index contributed by atoms with van der Waals surface area (Å²) in [5.74, 6) is -1.12. The van der Waals surface area contributed by atoms with Gasteiger partial charge >= 0.3 is 12.0 Å². The lowest BCUT2D eigenvalue weighted by molar-refractivity contribution is -0.139. The fourth-order valence-corrected chi connectivity index (χ4v) is 2.44. The monoisotopic (exact) mass is 309 g/mol. The van der Waals surface area contributed by atoms with E-state index in [0.717, 1.165) is 10.6 Å². The number of nitrogens with zero attached hydrogens (tertiary/aromatic N) is 2. The minimum absolute atomic E-state index is 0.124. The third-order valence-electron chi connectivity index (χ3n) is 2.83. The average molecular weight is 309 g/mol. The molecule has 1 atom stereocenters. The summed E-state index contributed by atoms with van der Waals surface area (Å²) in [6.45, 7) is 3.74. The highest BCUT2D eigenvalue weighted by Gasteiger charge is 2.21. The second kappa shape index (κ2) is 6.35. The molecular formula is C12H15N5O3S. The van der Waals surface area contributed by atoms with Gasteiger partial charge in [0.2, 0.25) is 0 Å². The standard InChI is InChI=1S/C12H15N5O3S/c1-6-7(2)21-12(15-6)17-11(20)16-9(10(18)19)3-8-4-13-5-14-8/h4-5,9H,3H2,1-2H3,(H,13,14)(H,18,19)(H2,15,16,17,20)/t9-/m0/s1. The van der Waals surface area contributed by atoms with Crippen molar-refractivity contribution in [1.29, 1.82) is 0 Å². The van der Waals surface area contributed by atoms with Crippen LogP contribution in [0, 0.1) is 13.8 Å². The molecule has 0 spiro atoms. The second-order valence-corrected chi connectivity index (χ2v) is 5.63. The smallest absolute Gasteiger partial charge is 0.326 e. The summed E-state index contributed by atoms with van der Waals surface area (Å²) >= 11 is 1.34. The van der Waals surface area contributed by atoms with E-state index in [2.05, 4.69) is 25.6 Å². The Labute approximate surface area is 124 Å². The molecule has 2 aromatic heterocycles. The summed E-state index contributed by atoms with van der Waals surface area (Å²) in [7, 11) is 0. The molecule has 0 aromatic carbocycles. The molecule has 2 aromatic rings. The Kier molecular flexibility index (Phi) is 4.53. The zero-order valence-electron chi connectivity index (χ0n) is 11.5. The van der Waals surface area contributed by atoms with Gasteiger partial charge in [0.15, 0.2) is 5.13 Å². The van der Waals surface area contributed by atoms with E-state index < -0.39 is 18.0 Å². The van der Waals surface area contributed by atoms with Crippen molar-refractivity contribution in [2.45, 2.75) is 26.3 Å². The number of rotatable bonds is 5. The lowest BCUT2D eigenvalue weighted by Crippen LogP contribution is -2.44. The zero-order valence-corrected chi connectivity index (χ0v) is 12.3. The fourth-order valence-electron chi connectivity index (χ4n) is 1.63. The Balaban J connectivity index is 1.96. The molecule has 0 aliphatic rings. The largest absolute Gasteiger partial charge is 0.480 e. The van der Waals surface area contributed by atoms with Crippen LogP contribution in [-0.2, 0) is 11.2 Å². The molecule has 8 nitrogen and oxygen atoms in total. The van der Waals surface area contributed by atoms with Crippen LogP contribution in [0.1, 0.15) is 16.3 Å². The Hall–Kier alpha value is -2.42. The lowest BCUT2D eigenvalue weighted by Gasteiger charge is -2.13. The number of carboxylic acids is 1. The molecule has 0 aliphatic carbocycles. The summed E-state index contributed by atoms with van der Waals surface area (Å²) in [6, 6.07) is -1.65. The van der Waals surface area contributed by atoms with Crippen molar-refractivity contribution in [1.82, 2.24) is 20.3 Å². The number of hydrogen-bond donors (Lipinski definition) is 4. The first-order valence-corrected chi connectivity index (χ1v) is 6.99. The number of urea groups is 1. The van der Waals surface area contributed by atoms with Gasteiger partial charge in [-0.2, -0.15) is 0 Å². The maximum atomic E-state index is 11.8. The number of aromatic amines is 1. The van der Waals surface area contributed by atoms with Gasteiger partial charge in [-0.15, -0.1) is 11.3 Å². The van der Waals surface area contributed by atoms with E-state index in [1.165, 1.54) is 23.9 Å². The summed E-state index contributed by atoms with van der Waals surface area (Å²) in [6.07, 6.45) is 3.09. The Morgan fingerprint density at radius 1 is 1.48 bits per heavy atom.